The lowest BCUT2D eigenvalue weighted by Crippen LogP contribution is -2.30. The molecule has 0 saturated carbocycles. The van der Waals surface area contributed by atoms with Crippen LogP contribution in [0.3, 0.4) is 0 Å². The highest BCUT2D eigenvalue weighted by molar-refractivity contribution is 5.32. The van der Waals surface area contributed by atoms with E-state index in [4.69, 9.17) is 4.74 Å². The highest BCUT2D eigenvalue weighted by Gasteiger charge is 2.12. The van der Waals surface area contributed by atoms with E-state index < -0.39 is 0 Å². The Bertz CT molecular complexity index is 336. The number of benzene rings is 1. The third-order valence-electron chi connectivity index (χ3n) is 3.39. The summed E-state index contributed by atoms with van der Waals surface area (Å²) < 4.78 is 5.84. The monoisotopic (exact) mass is 233 g/mol. The van der Waals surface area contributed by atoms with Gasteiger partial charge >= 0.3 is 0 Å². The van der Waals surface area contributed by atoms with E-state index >= 15 is 0 Å². The number of ether oxygens (including phenoxy) is 1. The van der Waals surface area contributed by atoms with E-state index in [0.29, 0.717) is 0 Å². The SMILES string of the molecule is Cc1cc(C)cc(OCC[C@H]2CCCNC2)c1. The Hall–Kier alpha value is -1.02. The molecule has 0 unspecified atom stereocenters. The number of nitrogens with one attached hydrogen (secondary N) is 1. The standard InChI is InChI=1S/C15H23NO/c1-12-8-13(2)10-15(9-12)17-7-5-14-4-3-6-16-11-14/h8-10,14,16H,3-7,11H2,1-2H3/t14-/m1/s1. The molecule has 2 heteroatoms. The average Bonchev–Trinajstić information content (AvgIpc) is 2.29. The summed E-state index contributed by atoms with van der Waals surface area (Å²) in [6.07, 6.45) is 3.83. The average molecular weight is 233 g/mol. The van der Waals surface area contributed by atoms with Gasteiger partial charge in [0.25, 0.3) is 0 Å². The van der Waals surface area contributed by atoms with Gasteiger partial charge < -0.3 is 10.1 Å². The minimum absolute atomic E-state index is 0.801. The van der Waals surface area contributed by atoms with Gasteiger partial charge in [-0.3, -0.25) is 0 Å². The summed E-state index contributed by atoms with van der Waals surface area (Å²) in [4.78, 5) is 0. The molecule has 0 aromatic heterocycles. The predicted molar refractivity (Wildman–Crippen MR) is 71.6 cm³/mol. The normalized spacial score (nSPS) is 20.2. The molecule has 1 aliphatic rings. The van der Waals surface area contributed by atoms with Gasteiger partial charge in [-0.25, -0.2) is 0 Å². The molecule has 17 heavy (non-hydrogen) atoms. The van der Waals surface area contributed by atoms with Crippen LogP contribution >= 0.6 is 0 Å². The molecule has 0 aliphatic carbocycles. The molecule has 1 saturated heterocycles. The maximum atomic E-state index is 5.84. The number of piperidine rings is 1. The van der Waals surface area contributed by atoms with Gasteiger partial charge in [0.05, 0.1) is 6.61 Å². The fourth-order valence-corrected chi connectivity index (χ4v) is 2.53. The summed E-state index contributed by atoms with van der Waals surface area (Å²) in [6.45, 7) is 7.43. The van der Waals surface area contributed by atoms with Crippen molar-refractivity contribution in [2.24, 2.45) is 5.92 Å². The molecule has 0 bridgehead atoms. The maximum absolute atomic E-state index is 5.84. The first-order valence-corrected chi connectivity index (χ1v) is 6.66. The van der Waals surface area contributed by atoms with Gasteiger partial charge in [0.15, 0.2) is 0 Å². The van der Waals surface area contributed by atoms with E-state index in [2.05, 4.69) is 37.4 Å². The van der Waals surface area contributed by atoms with Gasteiger partial charge in [-0.1, -0.05) is 6.07 Å². The van der Waals surface area contributed by atoms with Crippen molar-refractivity contribution < 1.29 is 4.74 Å². The first-order valence-electron chi connectivity index (χ1n) is 6.66. The first kappa shape index (κ1) is 12.4. The molecule has 0 amide bonds. The number of hydrogen-bond donors (Lipinski definition) is 1. The lowest BCUT2D eigenvalue weighted by Gasteiger charge is -2.22. The lowest BCUT2D eigenvalue weighted by atomic mass is 9.97. The second-order valence-corrected chi connectivity index (χ2v) is 5.17. The van der Waals surface area contributed by atoms with Gasteiger partial charge in [-0.2, -0.15) is 0 Å². The topological polar surface area (TPSA) is 21.3 Å². The second kappa shape index (κ2) is 6.06. The van der Waals surface area contributed by atoms with Crippen molar-refractivity contribution in [1.29, 1.82) is 0 Å². The number of aryl methyl sites for hydroxylation is 2. The van der Waals surface area contributed by atoms with Crippen LogP contribution in [0.1, 0.15) is 30.4 Å². The Morgan fingerprint density at radius 1 is 1.24 bits per heavy atom. The van der Waals surface area contributed by atoms with Crippen LogP contribution in [0.25, 0.3) is 0 Å². The van der Waals surface area contributed by atoms with E-state index in [1.165, 1.54) is 36.9 Å². The quantitative estimate of drug-likeness (QED) is 0.863. The van der Waals surface area contributed by atoms with E-state index in [-0.39, 0.29) is 0 Å². The molecule has 1 N–H and O–H groups in total. The van der Waals surface area contributed by atoms with Gasteiger partial charge in [0.1, 0.15) is 5.75 Å². The fourth-order valence-electron chi connectivity index (χ4n) is 2.53. The second-order valence-electron chi connectivity index (χ2n) is 5.17. The molecule has 1 heterocycles. The summed E-state index contributed by atoms with van der Waals surface area (Å²) in [5.41, 5.74) is 2.55. The minimum Gasteiger partial charge on any atom is -0.494 e. The number of rotatable bonds is 4. The molecule has 0 radical (unpaired) electrons. The Labute approximate surface area is 104 Å². The molecule has 2 nitrogen and oxygen atoms in total. The zero-order chi connectivity index (χ0) is 12.1. The summed E-state index contributed by atoms with van der Waals surface area (Å²) >= 11 is 0. The molecule has 1 aromatic rings. The summed E-state index contributed by atoms with van der Waals surface area (Å²) in [6, 6.07) is 6.41. The Balaban J connectivity index is 1.77. The first-order chi connectivity index (χ1) is 8.24. The highest BCUT2D eigenvalue weighted by Crippen LogP contribution is 2.18. The van der Waals surface area contributed by atoms with Crippen molar-refractivity contribution in [1.82, 2.24) is 5.32 Å². The molecule has 1 aromatic carbocycles. The van der Waals surface area contributed by atoms with Crippen LogP contribution in [0.5, 0.6) is 5.75 Å². The van der Waals surface area contributed by atoms with Crippen LogP contribution in [0.4, 0.5) is 0 Å². The molecule has 1 aliphatic heterocycles. The third kappa shape index (κ3) is 4.04. The minimum atomic E-state index is 0.801. The Morgan fingerprint density at radius 2 is 2.00 bits per heavy atom. The van der Waals surface area contributed by atoms with Gasteiger partial charge in [-0.15, -0.1) is 0 Å². The summed E-state index contributed by atoms with van der Waals surface area (Å²) in [5.74, 6) is 1.82. The molecular weight excluding hydrogens is 210 g/mol. The van der Waals surface area contributed by atoms with Crippen LogP contribution in [-0.2, 0) is 0 Å². The lowest BCUT2D eigenvalue weighted by molar-refractivity contribution is 0.254. The van der Waals surface area contributed by atoms with Crippen molar-refractivity contribution >= 4 is 0 Å². The van der Waals surface area contributed by atoms with Crippen molar-refractivity contribution in [2.45, 2.75) is 33.1 Å². The van der Waals surface area contributed by atoms with Gasteiger partial charge in [0, 0.05) is 0 Å². The van der Waals surface area contributed by atoms with Crippen LogP contribution in [0, 0.1) is 19.8 Å². The van der Waals surface area contributed by atoms with E-state index in [1.54, 1.807) is 0 Å². The van der Waals surface area contributed by atoms with Crippen LogP contribution in [0.15, 0.2) is 18.2 Å². The smallest absolute Gasteiger partial charge is 0.119 e. The summed E-state index contributed by atoms with van der Waals surface area (Å²) in [5, 5.41) is 3.45. The van der Waals surface area contributed by atoms with E-state index in [9.17, 15) is 0 Å². The van der Waals surface area contributed by atoms with Crippen molar-refractivity contribution in [2.75, 3.05) is 19.7 Å². The molecule has 1 atom stereocenters. The zero-order valence-electron chi connectivity index (χ0n) is 11.0. The molecular formula is C15H23NO. The largest absolute Gasteiger partial charge is 0.494 e. The van der Waals surface area contributed by atoms with Crippen molar-refractivity contribution in [3.8, 4) is 5.75 Å². The summed E-state index contributed by atoms with van der Waals surface area (Å²) in [7, 11) is 0. The molecule has 0 spiro atoms. The van der Waals surface area contributed by atoms with E-state index in [1.807, 2.05) is 0 Å². The van der Waals surface area contributed by atoms with Crippen LogP contribution < -0.4 is 10.1 Å². The molecule has 1 fully saturated rings. The van der Waals surface area contributed by atoms with Gasteiger partial charge in [-0.05, 0) is 75.4 Å². The maximum Gasteiger partial charge on any atom is 0.119 e. The molecule has 2 rings (SSSR count). The third-order valence-corrected chi connectivity index (χ3v) is 3.39. The predicted octanol–water partition coefficient (Wildman–Crippen LogP) is 3.07. The van der Waals surface area contributed by atoms with Crippen LogP contribution in [0.2, 0.25) is 0 Å². The van der Waals surface area contributed by atoms with E-state index in [0.717, 1.165) is 24.8 Å². The highest BCUT2D eigenvalue weighted by atomic mass is 16.5. The van der Waals surface area contributed by atoms with Crippen LogP contribution in [-0.4, -0.2) is 19.7 Å². The van der Waals surface area contributed by atoms with Crippen molar-refractivity contribution in [3.05, 3.63) is 29.3 Å². The Morgan fingerprint density at radius 3 is 2.65 bits per heavy atom. The zero-order valence-corrected chi connectivity index (χ0v) is 11.0. The van der Waals surface area contributed by atoms with Crippen molar-refractivity contribution in [3.63, 3.8) is 0 Å². The number of hydrogen-bond acceptors (Lipinski definition) is 2. The Kier molecular flexibility index (Phi) is 4.43. The fraction of sp³-hybridized carbons (Fsp3) is 0.600. The van der Waals surface area contributed by atoms with Gasteiger partial charge in [0.2, 0.25) is 0 Å². The molecule has 94 valence electrons.